The summed E-state index contributed by atoms with van der Waals surface area (Å²) in [5, 5.41) is 11.4. The average Bonchev–Trinajstić information content (AvgIpc) is 2.48. The van der Waals surface area contributed by atoms with Crippen LogP contribution in [0.5, 0.6) is 0 Å². The van der Waals surface area contributed by atoms with E-state index in [1.807, 2.05) is 14.1 Å². The summed E-state index contributed by atoms with van der Waals surface area (Å²) in [5.41, 5.74) is 0.504. The number of nitrogens with one attached hydrogen (secondary N) is 1. The fraction of sp³-hybridized carbons (Fsp3) is 0.143. The third-order valence-corrected chi connectivity index (χ3v) is 2.72. The predicted molar refractivity (Wildman–Crippen MR) is 77.7 cm³/mol. The van der Waals surface area contributed by atoms with E-state index in [4.69, 9.17) is 5.11 Å². The van der Waals surface area contributed by atoms with E-state index >= 15 is 0 Å². The largest absolute Gasteiger partial charge is 0.478 e. The smallest absolute Gasteiger partial charge is 0.337 e. The first kappa shape index (κ1) is 14.4. The van der Waals surface area contributed by atoms with Gasteiger partial charge in [-0.1, -0.05) is 0 Å². The number of amides is 1. The highest BCUT2D eigenvalue weighted by Crippen LogP contribution is 2.12. The maximum absolute atomic E-state index is 12.1. The highest BCUT2D eigenvalue weighted by molar-refractivity contribution is 6.04. The molecule has 2 heterocycles. The van der Waals surface area contributed by atoms with Crippen molar-refractivity contribution >= 4 is 23.5 Å². The van der Waals surface area contributed by atoms with Gasteiger partial charge in [-0.15, -0.1) is 0 Å². The Morgan fingerprint density at radius 1 is 1.14 bits per heavy atom. The van der Waals surface area contributed by atoms with Gasteiger partial charge in [-0.25, -0.2) is 14.8 Å². The van der Waals surface area contributed by atoms with Crippen LogP contribution in [-0.2, 0) is 0 Å². The minimum atomic E-state index is -1.06. The zero-order valence-corrected chi connectivity index (χ0v) is 11.6. The van der Waals surface area contributed by atoms with Crippen LogP contribution in [0.3, 0.4) is 0 Å². The number of nitrogens with zero attached hydrogens (tertiary/aromatic N) is 3. The lowest BCUT2D eigenvalue weighted by molar-refractivity contribution is 0.0696. The van der Waals surface area contributed by atoms with E-state index in [0.717, 1.165) is 0 Å². The van der Waals surface area contributed by atoms with E-state index in [1.54, 1.807) is 23.2 Å². The van der Waals surface area contributed by atoms with Gasteiger partial charge in [0.1, 0.15) is 11.6 Å². The van der Waals surface area contributed by atoms with Crippen LogP contribution in [0.1, 0.15) is 20.7 Å². The first-order valence-electron chi connectivity index (χ1n) is 6.11. The van der Waals surface area contributed by atoms with Gasteiger partial charge in [0.05, 0.1) is 5.56 Å². The minimum Gasteiger partial charge on any atom is -0.478 e. The average molecular weight is 286 g/mol. The third kappa shape index (κ3) is 3.53. The van der Waals surface area contributed by atoms with Gasteiger partial charge in [0.25, 0.3) is 5.91 Å². The van der Waals surface area contributed by atoms with Crippen molar-refractivity contribution in [2.45, 2.75) is 0 Å². The number of carbonyl (C=O) groups excluding carboxylic acids is 1. The highest BCUT2D eigenvalue weighted by Gasteiger charge is 2.10. The molecule has 1 amide bonds. The van der Waals surface area contributed by atoms with Crippen molar-refractivity contribution in [2.75, 3.05) is 24.3 Å². The summed E-state index contributed by atoms with van der Waals surface area (Å²) in [5.74, 6) is -0.453. The molecule has 21 heavy (non-hydrogen) atoms. The van der Waals surface area contributed by atoms with Gasteiger partial charge in [-0.05, 0) is 24.3 Å². The lowest BCUT2D eigenvalue weighted by Gasteiger charge is -2.12. The van der Waals surface area contributed by atoms with E-state index in [0.29, 0.717) is 11.4 Å². The van der Waals surface area contributed by atoms with Gasteiger partial charge < -0.3 is 15.3 Å². The SMILES string of the molecule is CN(C)c1cc(C(=O)Nc2ccc(C(=O)O)cn2)ccn1. The standard InChI is InChI=1S/C14H14N4O3/c1-18(2)12-7-9(5-6-15-12)13(19)17-11-4-3-10(8-16-11)14(20)21/h3-8H,1-2H3,(H,20,21)(H,16,17,19). The molecule has 0 saturated heterocycles. The quantitative estimate of drug-likeness (QED) is 0.884. The van der Waals surface area contributed by atoms with Crippen LogP contribution < -0.4 is 10.2 Å². The second-order valence-electron chi connectivity index (χ2n) is 4.49. The summed E-state index contributed by atoms with van der Waals surface area (Å²) >= 11 is 0. The lowest BCUT2D eigenvalue weighted by atomic mass is 10.2. The fourth-order valence-electron chi connectivity index (χ4n) is 1.59. The molecule has 7 nitrogen and oxygen atoms in total. The van der Waals surface area contributed by atoms with Crippen molar-refractivity contribution in [2.24, 2.45) is 0 Å². The Kier molecular flexibility index (Phi) is 4.13. The molecule has 2 rings (SSSR count). The summed E-state index contributed by atoms with van der Waals surface area (Å²) in [4.78, 5) is 32.6. The van der Waals surface area contributed by atoms with E-state index < -0.39 is 5.97 Å². The number of pyridine rings is 2. The Hall–Kier alpha value is -2.96. The van der Waals surface area contributed by atoms with Gasteiger partial charge in [-0.2, -0.15) is 0 Å². The van der Waals surface area contributed by atoms with E-state index in [-0.39, 0.29) is 17.3 Å². The van der Waals surface area contributed by atoms with Crippen molar-refractivity contribution in [3.63, 3.8) is 0 Å². The van der Waals surface area contributed by atoms with Crippen LogP contribution in [0.15, 0.2) is 36.7 Å². The van der Waals surface area contributed by atoms with E-state index in [2.05, 4.69) is 15.3 Å². The Labute approximate surface area is 121 Å². The number of carboxylic acids is 1. The molecule has 0 fully saturated rings. The second kappa shape index (κ2) is 6.00. The molecule has 2 aromatic heterocycles. The minimum absolute atomic E-state index is 0.0619. The summed E-state index contributed by atoms with van der Waals surface area (Å²) in [6, 6.07) is 6.06. The van der Waals surface area contributed by atoms with Crippen LogP contribution in [0.4, 0.5) is 11.6 Å². The maximum atomic E-state index is 12.1. The first-order chi connectivity index (χ1) is 9.97. The van der Waals surface area contributed by atoms with Crippen LogP contribution in [0.25, 0.3) is 0 Å². The second-order valence-corrected chi connectivity index (χ2v) is 4.49. The van der Waals surface area contributed by atoms with Gasteiger partial charge >= 0.3 is 5.97 Å². The molecule has 0 unspecified atom stereocenters. The van der Waals surface area contributed by atoms with Gasteiger partial charge in [-0.3, -0.25) is 4.79 Å². The molecular formula is C14H14N4O3. The fourth-order valence-corrected chi connectivity index (χ4v) is 1.59. The number of carbonyl (C=O) groups is 2. The number of aromatic nitrogens is 2. The van der Waals surface area contributed by atoms with Gasteiger partial charge in [0.15, 0.2) is 0 Å². The maximum Gasteiger partial charge on any atom is 0.337 e. The highest BCUT2D eigenvalue weighted by atomic mass is 16.4. The Morgan fingerprint density at radius 2 is 1.90 bits per heavy atom. The lowest BCUT2D eigenvalue weighted by Crippen LogP contribution is -2.16. The molecule has 0 aromatic carbocycles. The number of rotatable bonds is 4. The van der Waals surface area contributed by atoms with Gasteiger partial charge in [0, 0.05) is 32.1 Å². The van der Waals surface area contributed by atoms with Crippen molar-refractivity contribution < 1.29 is 14.7 Å². The first-order valence-corrected chi connectivity index (χ1v) is 6.11. The third-order valence-electron chi connectivity index (χ3n) is 2.72. The topological polar surface area (TPSA) is 95.4 Å². The zero-order chi connectivity index (χ0) is 15.4. The predicted octanol–water partition coefficient (Wildman–Crippen LogP) is 1.49. The number of carboxylic acid groups (broad SMARTS) is 1. The molecule has 0 atom stereocenters. The molecule has 2 N–H and O–H groups in total. The number of aromatic carboxylic acids is 1. The molecule has 7 heteroatoms. The van der Waals surface area contributed by atoms with Crippen molar-refractivity contribution in [3.05, 3.63) is 47.8 Å². The number of anilines is 2. The van der Waals surface area contributed by atoms with Crippen LogP contribution >= 0.6 is 0 Å². The molecule has 0 aliphatic heterocycles. The van der Waals surface area contributed by atoms with E-state index in [9.17, 15) is 9.59 Å². The number of hydrogen-bond donors (Lipinski definition) is 2. The zero-order valence-electron chi connectivity index (χ0n) is 11.6. The molecule has 108 valence electrons. The van der Waals surface area contributed by atoms with E-state index in [1.165, 1.54) is 18.3 Å². The summed E-state index contributed by atoms with van der Waals surface area (Å²) in [6.45, 7) is 0. The monoisotopic (exact) mass is 286 g/mol. The van der Waals surface area contributed by atoms with Crippen LogP contribution in [0, 0.1) is 0 Å². The van der Waals surface area contributed by atoms with Crippen molar-refractivity contribution in [1.29, 1.82) is 0 Å². The molecule has 0 aliphatic rings. The summed E-state index contributed by atoms with van der Waals surface area (Å²) in [6.07, 6.45) is 2.74. The van der Waals surface area contributed by atoms with Crippen LogP contribution in [0.2, 0.25) is 0 Å². The molecule has 0 spiro atoms. The molecule has 0 radical (unpaired) electrons. The van der Waals surface area contributed by atoms with Gasteiger partial charge in [0.2, 0.25) is 0 Å². The Balaban J connectivity index is 2.14. The summed E-state index contributed by atoms with van der Waals surface area (Å²) < 4.78 is 0. The molecule has 0 bridgehead atoms. The number of hydrogen-bond acceptors (Lipinski definition) is 5. The molecule has 2 aromatic rings. The Morgan fingerprint density at radius 3 is 2.48 bits per heavy atom. The van der Waals surface area contributed by atoms with Crippen molar-refractivity contribution in [3.8, 4) is 0 Å². The van der Waals surface area contributed by atoms with Crippen LogP contribution in [-0.4, -0.2) is 41.0 Å². The molecule has 0 saturated carbocycles. The normalized spacial score (nSPS) is 10.0. The van der Waals surface area contributed by atoms with Crippen molar-refractivity contribution in [1.82, 2.24) is 9.97 Å². The Bertz CT molecular complexity index is 668. The molecular weight excluding hydrogens is 272 g/mol. The molecule has 0 aliphatic carbocycles. The summed E-state index contributed by atoms with van der Waals surface area (Å²) in [7, 11) is 3.66.